The maximum atomic E-state index is 12.6. The van der Waals surface area contributed by atoms with Crippen LogP contribution in [0.15, 0.2) is 30.3 Å². The van der Waals surface area contributed by atoms with Gasteiger partial charge in [0.05, 0.1) is 18.6 Å². The number of ether oxygens (including phenoxy) is 2. The van der Waals surface area contributed by atoms with E-state index in [1.54, 1.807) is 39.8 Å². The number of esters is 2. The fourth-order valence-corrected chi connectivity index (χ4v) is 3.02. The molecule has 122 valence electrons. The maximum Gasteiger partial charge on any atom is 0.325 e. The predicted molar refractivity (Wildman–Crippen MR) is 85.6 cm³/mol. The van der Waals surface area contributed by atoms with Gasteiger partial charge in [-0.3, -0.25) is 9.59 Å². The second-order valence-electron chi connectivity index (χ2n) is 5.24. The van der Waals surface area contributed by atoms with E-state index in [1.807, 2.05) is 18.2 Å². The molecule has 0 N–H and O–H groups in total. The van der Waals surface area contributed by atoms with Crippen LogP contribution in [0.4, 0.5) is 0 Å². The SMILES string of the molecule is CCOC(=O)C(C(=O)OCC)(C(C)C)C(Cl)c1ccccc1. The highest BCUT2D eigenvalue weighted by Crippen LogP contribution is 2.47. The number of carbonyl (C=O) groups excluding carboxylic acids is 2. The Morgan fingerprint density at radius 1 is 1.05 bits per heavy atom. The summed E-state index contributed by atoms with van der Waals surface area (Å²) in [5, 5.41) is -0.869. The van der Waals surface area contributed by atoms with Crippen LogP contribution in [-0.2, 0) is 19.1 Å². The lowest BCUT2D eigenvalue weighted by atomic mass is 9.72. The zero-order valence-electron chi connectivity index (χ0n) is 13.5. The van der Waals surface area contributed by atoms with Crippen LogP contribution in [0.25, 0.3) is 0 Å². The third-order valence-electron chi connectivity index (χ3n) is 3.63. The zero-order chi connectivity index (χ0) is 16.8. The number of alkyl halides is 1. The lowest BCUT2D eigenvalue weighted by Gasteiger charge is -2.36. The number of carbonyl (C=O) groups is 2. The molecule has 1 unspecified atom stereocenters. The van der Waals surface area contributed by atoms with Crippen molar-refractivity contribution in [2.24, 2.45) is 11.3 Å². The molecule has 0 saturated heterocycles. The minimum atomic E-state index is -1.57. The molecule has 0 aliphatic heterocycles. The molecule has 5 heteroatoms. The summed E-state index contributed by atoms with van der Waals surface area (Å²) in [4.78, 5) is 25.3. The molecule has 0 amide bonds. The van der Waals surface area contributed by atoms with Crippen molar-refractivity contribution < 1.29 is 19.1 Å². The molecule has 0 bridgehead atoms. The number of benzene rings is 1. The van der Waals surface area contributed by atoms with Gasteiger partial charge in [-0.1, -0.05) is 44.2 Å². The summed E-state index contributed by atoms with van der Waals surface area (Å²) in [5.41, 5.74) is -0.895. The molecule has 0 radical (unpaired) electrons. The van der Waals surface area contributed by atoms with Gasteiger partial charge in [-0.25, -0.2) is 0 Å². The fourth-order valence-electron chi connectivity index (χ4n) is 2.44. The Morgan fingerprint density at radius 3 is 1.86 bits per heavy atom. The Labute approximate surface area is 136 Å². The number of halogens is 1. The Kier molecular flexibility index (Phi) is 6.88. The molecule has 0 fully saturated rings. The van der Waals surface area contributed by atoms with Crippen molar-refractivity contribution in [1.82, 2.24) is 0 Å². The van der Waals surface area contributed by atoms with Crippen molar-refractivity contribution in [2.45, 2.75) is 33.1 Å². The Hall–Kier alpha value is -1.55. The van der Waals surface area contributed by atoms with E-state index in [0.717, 1.165) is 0 Å². The topological polar surface area (TPSA) is 52.6 Å². The van der Waals surface area contributed by atoms with Crippen molar-refractivity contribution in [3.8, 4) is 0 Å². The molecule has 1 aromatic carbocycles. The molecule has 0 aliphatic carbocycles. The Bertz CT molecular complexity index is 481. The minimum Gasteiger partial charge on any atom is -0.465 e. The number of rotatable bonds is 7. The van der Waals surface area contributed by atoms with Gasteiger partial charge in [0.25, 0.3) is 0 Å². The summed E-state index contributed by atoms with van der Waals surface area (Å²) in [6.07, 6.45) is 0. The Morgan fingerprint density at radius 2 is 1.50 bits per heavy atom. The molecule has 1 rings (SSSR count). The van der Waals surface area contributed by atoms with Crippen LogP contribution in [0.5, 0.6) is 0 Å². The number of hydrogen-bond acceptors (Lipinski definition) is 4. The highest BCUT2D eigenvalue weighted by molar-refractivity contribution is 6.25. The summed E-state index contributed by atoms with van der Waals surface area (Å²) >= 11 is 6.58. The first-order chi connectivity index (χ1) is 10.4. The molecule has 0 heterocycles. The number of hydrogen-bond donors (Lipinski definition) is 0. The van der Waals surface area contributed by atoms with Crippen molar-refractivity contribution in [2.75, 3.05) is 13.2 Å². The van der Waals surface area contributed by atoms with Gasteiger partial charge in [0.2, 0.25) is 0 Å². The van der Waals surface area contributed by atoms with E-state index in [0.29, 0.717) is 5.56 Å². The van der Waals surface area contributed by atoms with E-state index in [9.17, 15) is 9.59 Å². The van der Waals surface area contributed by atoms with Crippen LogP contribution in [0.3, 0.4) is 0 Å². The smallest absolute Gasteiger partial charge is 0.325 e. The van der Waals surface area contributed by atoms with Crippen molar-refractivity contribution >= 4 is 23.5 Å². The monoisotopic (exact) mass is 326 g/mol. The first-order valence-electron chi connectivity index (χ1n) is 7.46. The zero-order valence-corrected chi connectivity index (χ0v) is 14.2. The first-order valence-corrected chi connectivity index (χ1v) is 7.89. The lowest BCUT2D eigenvalue weighted by Crippen LogP contribution is -2.49. The molecular formula is C17H23ClO4. The van der Waals surface area contributed by atoms with E-state index in [4.69, 9.17) is 21.1 Å². The van der Waals surface area contributed by atoms with Gasteiger partial charge in [0.15, 0.2) is 5.41 Å². The molecular weight excluding hydrogens is 304 g/mol. The van der Waals surface area contributed by atoms with Gasteiger partial charge in [-0.05, 0) is 25.3 Å². The van der Waals surface area contributed by atoms with E-state index >= 15 is 0 Å². The quantitative estimate of drug-likeness (QED) is 0.435. The van der Waals surface area contributed by atoms with Crippen molar-refractivity contribution in [3.63, 3.8) is 0 Å². The van der Waals surface area contributed by atoms with E-state index in [1.165, 1.54) is 0 Å². The van der Waals surface area contributed by atoms with Gasteiger partial charge in [-0.15, -0.1) is 11.6 Å². The molecule has 0 aliphatic rings. The van der Waals surface area contributed by atoms with Gasteiger partial charge in [-0.2, -0.15) is 0 Å². The van der Waals surface area contributed by atoms with Gasteiger partial charge in [0, 0.05) is 0 Å². The predicted octanol–water partition coefficient (Wildman–Crippen LogP) is 3.74. The van der Waals surface area contributed by atoms with Crippen LogP contribution < -0.4 is 0 Å². The maximum absolute atomic E-state index is 12.6. The lowest BCUT2D eigenvalue weighted by molar-refractivity contribution is -0.176. The molecule has 1 atom stereocenters. The van der Waals surface area contributed by atoms with Crippen molar-refractivity contribution in [1.29, 1.82) is 0 Å². The third kappa shape index (κ3) is 3.43. The van der Waals surface area contributed by atoms with E-state index in [2.05, 4.69) is 0 Å². The van der Waals surface area contributed by atoms with Crippen LogP contribution in [0.1, 0.15) is 38.6 Å². The minimum absolute atomic E-state index is 0.172. The first kappa shape index (κ1) is 18.5. The van der Waals surface area contributed by atoms with E-state index < -0.39 is 22.7 Å². The van der Waals surface area contributed by atoms with E-state index in [-0.39, 0.29) is 19.1 Å². The molecule has 22 heavy (non-hydrogen) atoms. The Balaban J connectivity index is 3.41. The second kappa shape index (κ2) is 8.18. The van der Waals surface area contributed by atoms with Crippen LogP contribution in [-0.4, -0.2) is 25.2 Å². The third-order valence-corrected chi connectivity index (χ3v) is 4.23. The highest BCUT2D eigenvalue weighted by atomic mass is 35.5. The summed E-state index contributed by atoms with van der Waals surface area (Å²) in [5.74, 6) is -1.67. The van der Waals surface area contributed by atoms with Gasteiger partial charge < -0.3 is 9.47 Å². The largest absolute Gasteiger partial charge is 0.465 e. The van der Waals surface area contributed by atoms with Gasteiger partial charge >= 0.3 is 11.9 Å². The van der Waals surface area contributed by atoms with Crippen LogP contribution in [0.2, 0.25) is 0 Å². The van der Waals surface area contributed by atoms with Crippen LogP contribution in [0, 0.1) is 11.3 Å². The highest BCUT2D eigenvalue weighted by Gasteiger charge is 2.57. The molecule has 0 saturated carbocycles. The summed E-state index contributed by atoms with van der Waals surface area (Å²) in [7, 11) is 0. The average molecular weight is 327 g/mol. The van der Waals surface area contributed by atoms with Gasteiger partial charge in [0.1, 0.15) is 0 Å². The fraction of sp³-hybridized carbons (Fsp3) is 0.529. The molecule has 1 aromatic rings. The summed E-state index contributed by atoms with van der Waals surface area (Å²) < 4.78 is 10.3. The average Bonchev–Trinajstić information content (AvgIpc) is 2.49. The summed E-state index contributed by atoms with van der Waals surface area (Å²) in [6.45, 7) is 7.27. The van der Waals surface area contributed by atoms with Crippen LogP contribution >= 0.6 is 11.6 Å². The molecule has 0 aromatic heterocycles. The standard InChI is InChI=1S/C17H23ClO4/c1-5-21-15(19)17(12(3)4,16(20)22-6-2)14(18)13-10-8-7-9-11-13/h7-12,14H,5-6H2,1-4H3. The summed E-state index contributed by atoms with van der Waals surface area (Å²) in [6, 6.07) is 9.04. The second-order valence-corrected chi connectivity index (χ2v) is 5.67. The normalized spacial score (nSPS) is 12.8. The molecule has 0 spiro atoms. The molecule has 4 nitrogen and oxygen atoms in total. The van der Waals surface area contributed by atoms with Crippen molar-refractivity contribution in [3.05, 3.63) is 35.9 Å².